The molecule has 0 radical (unpaired) electrons. The van der Waals surface area contributed by atoms with Gasteiger partial charge in [0.2, 0.25) is 5.91 Å². The molecule has 1 saturated carbocycles. The molecule has 19 heavy (non-hydrogen) atoms. The molecular weight excluding hydrogens is 262 g/mol. The van der Waals surface area contributed by atoms with Crippen LogP contribution in [0.3, 0.4) is 0 Å². The molecule has 0 saturated heterocycles. The maximum atomic E-state index is 12.3. The summed E-state index contributed by atoms with van der Waals surface area (Å²) in [4.78, 5) is 25.9. The maximum Gasteiger partial charge on any atom is 0.305 e. The lowest BCUT2D eigenvalue weighted by atomic mass is 10.2. The maximum absolute atomic E-state index is 12.3. The Morgan fingerprint density at radius 1 is 1.53 bits per heavy atom. The number of carboxylic acid groups (broad SMARTS) is 1. The highest BCUT2D eigenvalue weighted by Crippen LogP contribution is 2.51. The highest BCUT2D eigenvalue weighted by Gasteiger charge is 2.46. The Kier molecular flexibility index (Phi) is 4.24. The number of hydrogen-bond acceptors (Lipinski definition) is 3. The largest absolute Gasteiger partial charge is 0.481 e. The predicted molar refractivity (Wildman–Crippen MR) is 74.4 cm³/mol. The van der Waals surface area contributed by atoms with Crippen molar-refractivity contribution in [3.63, 3.8) is 0 Å². The van der Waals surface area contributed by atoms with Crippen molar-refractivity contribution in [1.82, 2.24) is 4.90 Å². The minimum atomic E-state index is -0.854. The molecule has 1 aromatic rings. The lowest BCUT2D eigenvalue weighted by Gasteiger charge is -2.20. The number of carbonyl (C=O) groups excluding carboxylic acids is 1. The molecule has 2 rings (SSSR count). The lowest BCUT2D eigenvalue weighted by Crippen LogP contribution is -2.34. The minimum Gasteiger partial charge on any atom is -0.481 e. The van der Waals surface area contributed by atoms with Crippen molar-refractivity contribution in [1.29, 1.82) is 0 Å². The zero-order chi connectivity index (χ0) is 14.0. The third kappa shape index (κ3) is 3.15. The van der Waals surface area contributed by atoms with E-state index in [-0.39, 0.29) is 18.2 Å². The SMILES string of the molecule is CCN(CCC(=O)O)C(=O)[C@@H]1C[C@H]1c1sccc1C. The number of rotatable bonds is 6. The number of carboxylic acids is 1. The average Bonchev–Trinajstić information content (AvgIpc) is 3.05. The van der Waals surface area contributed by atoms with Crippen molar-refractivity contribution in [2.24, 2.45) is 5.92 Å². The Bertz CT molecular complexity index is 483. The van der Waals surface area contributed by atoms with Gasteiger partial charge in [0.15, 0.2) is 0 Å². The molecule has 1 aliphatic carbocycles. The van der Waals surface area contributed by atoms with Crippen LogP contribution < -0.4 is 0 Å². The summed E-state index contributed by atoms with van der Waals surface area (Å²) >= 11 is 1.71. The van der Waals surface area contributed by atoms with Gasteiger partial charge in [0.1, 0.15) is 0 Å². The van der Waals surface area contributed by atoms with E-state index in [4.69, 9.17) is 5.11 Å². The molecule has 104 valence electrons. The fourth-order valence-corrected chi connectivity index (χ4v) is 3.52. The summed E-state index contributed by atoms with van der Waals surface area (Å²) in [6, 6.07) is 2.09. The number of aliphatic carboxylic acids is 1. The van der Waals surface area contributed by atoms with E-state index >= 15 is 0 Å². The predicted octanol–water partition coefficient (Wildman–Crippen LogP) is 2.48. The van der Waals surface area contributed by atoms with Crippen LogP contribution in [0.25, 0.3) is 0 Å². The van der Waals surface area contributed by atoms with Crippen LogP contribution in [0, 0.1) is 12.8 Å². The molecule has 1 heterocycles. The highest BCUT2D eigenvalue weighted by molar-refractivity contribution is 7.10. The van der Waals surface area contributed by atoms with Gasteiger partial charge in [-0.15, -0.1) is 11.3 Å². The fraction of sp³-hybridized carbons (Fsp3) is 0.571. The number of carbonyl (C=O) groups is 2. The number of aryl methyl sites for hydroxylation is 1. The van der Waals surface area contributed by atoms with E-state index in [1.807, 2.05) is 6.92 Å². The fourth-order valence-electron chi connectivity index (χ4n) is 2.41. The summed E-state index contributed by atoms with van der Waals surface area (Å²) in [6.07, 6.45) is 0.929. The normalized spacial score (nSPS) is 21.2. The molecule has 1 amide bonds. The number of amides is 1. The Morgan fingerprint density at radius 2 is 2.26 bits per heavy atom. The van der Waals surface area contributed by atoms with Crippen LogP contribution in [0.5, 0.6) is 0 Å². The van der Waals surface area contributed by atoms with Gasteiger partial charge in [0, 0.05) is 29.8 Å². The van der Waals surface area contributed by atoms with E-state index in [0.717, 1.165) is 6.42 Å². The summed E-state index contributed by atoms with van der Waals surface area (Å²) in [5.41, 5.74) is 1.26. The number of thiophene rings is 1. The van der Waals surface area contributed by atoms with Crippen molar-refractivity contribution < 1.29 is 14.7 Å². The van der Waals surface area contributed by atoms with Gasteiger partial charge in [-0.3, -0.25) is 9.59 Å². The standard InChI is InChI=1S/C14H19NO3S/c1-3-15(6-4-12(16)17)14(18)11-8-10(11)13-9(2)5-7-19-13/h5,7,10-11H,3-4,6,8H2,1-2H3,(H,16,17)/t10-,11-/m1/s1. The number of hydrogen-bond donors (Lipinski definition) is 1. The van der Waals surface area contributed by atoms with Crippen molar-refractivity contribution in [2.75, 3.05) is 13.1 Å². The summed E-state index contributed by atoms with van der Waals surface area (Å²) in [5.74, 6) is -0.327. The second kappa shape index (κ2) is 5.74. The molecule has 0 aromatic carbocycles. The molecule has 1 aromatic heterocycles. The monoisotopic (exact) mass is 281 g/mol. The van der Waals surface area contributed by atoms with Crippen LogP contribution in [-0.4, -0.2) is 35.0 Å². The van der Waals surface area contributed by atoms with Gasteiger partial charge >= 0.3 is 5.97 Å². The van der Waals surface area contributed by atoms with E-state index in [0.29, 0.717) is 19.0 Å². The van der Waals surface area contributed by atoms with Crippen molar-refractivity contribution in [3.05, 3.63) is 21.9 Å². The molecule has 1 aliphatic rings. The van der Waals surface area contributed by atoms with Gasteiger partial charge in [-0.2, -0.15) is 0 Å². The zero-order valence-electron chi connectivity index (χ0n) is 11.3. The van der Waals surface area contributed by atoms with Crippen LogP contribution in [0.1, 0.15) is 36.1 Å². The molecule has 0 spiro atoms. The Balaban J connectivity index is 1.94. The molecular formula is C14H19NO3S. The molecule has 4 nitrogen and oxygen atoms in total. The second-order valence-electron chi connectivity index (χ2n) is 4.98. The molecule has 0 unspecified atom stereocenters. The third-order valence-electron chi connectivity index (χ3n) is 3.64. The van der Waals surface area contributed by atoms with Crippen LogP contribution in [0.4, 0.5) is 0 Å². The summed E-state index contributed by atoms with van der Waals surface area (Å²) in [5, 5.41) is 10.8. The zero-order valence-corrected chi connectivity index (χ0v) is 12.1. The van der Waals surface area contributed by atoms with Crippen molar-refractivity contribution in [2.45, 2.75) is 32.6 Å². The molecule has 5 heteroatoms. The smallest absolute Gasteiger partial charge is 0.305 e. The highest BCUT2D eigenvalue weighted by atomic mass is 32.1. The van der Waals surface area contributed by atoms with Gasteiger partial charge in [-0.05, 0) is 37.3 Å². The second-order valence-corrected chi connectivity index (χ2v) is 5.93. The topological polar surface area (TPSA) is 57.6 Å². The van der Waals surface area contributed by atoms with E-state index < -0.39 is 5.97 Å². The Labute approximate surface area is 117 Å². The van der Waals surface area contributed by atoms with Crippen LogP contribution in [0.2, 0.25) is 0 Å². The van der Waals surface area contributed by atoms with Gasteiger partial charge < -0.3 is 10.0 Å². The lowest BCUT2D eigenvalue weighted by molar-refractivity contribution is -0.138. The first-order valence-corrected chi connectivity index (χ1v) is 7.47. The molecule has 0 aliphatic heterocycles. The van der Waals surface area contributed by atoms with Crippen LogP contribution in [0.15, 0.2) is 11.4 Å². The summed E-state index contributed by atoms with van der Waals surface area (Å²) in [7, 11) is 0. The molecule has 0 bridgehead atoms. The Hall–Kier alpha value is -1.36. The molecule has 1 fully saturated rings. The first kappa shape index (κ1) is 14.1. The van der Waals surface area contributed by atoms with E-state index in [1.54, 1.807) is 16.2 Å². The first-order chi connectivity index (χ1) is 9.04. The molecule has 2 atom stereocenters. The summed E-state index contributed by atoms with van der Waals surface area (Å²) in [6.45, 7) is 4.87. The Morgan fingerprint density at radius 3 is 2.79 bits per heavy atom. The van der Waals surface area contributed by atoms with Crippen molar-refractivity contribution in [3.8, 4) is 0 Å². The van der Waals surface area contributed by atoms with Crippen LogP contribution in [-0.2, 0) is 9.59 Å². The van der Waals surface area contributed by atoms with Gasteiger partial charge in [-0.1, -0.05) is 0 Å². The summed E-state index contributed by atoms with van der Waals surface area (Å²) < 4.78 is 0. The van der Waals surface area contributed by atoms with Crippen molar-refractivity contribution >= 4 is 23.2 Å². The molecule has 1 N–H and O–H groups in total. The van der Waals surface area contributed by atoms with Gasteiger partial charge in [-0.25, -0.2) is 0 Å². The van der Waals surface area contributed by atoms with Crippen LogP contribution >= 0.6 is 11.3 Å². The quantitative estimate of drug-likeness (QED) is 0.871. The van der Waals surface area contributed by atoms with Gasteiger partial charge in [0.05, 0.1) is 6.42 Å². The van der Waals surface area contributed by atoms with E-state index in [2.05, 4.69) is 18.4 Å². The number of nitrogens with zero attached hydrogens (tertiary/aromatic N) is 1. The minimum absolute atomic E-state index is 0.0228. The third-order valence-corrected chi connectivity index (χ3v) is 4.79. The van der Waals surface area contributed by atoms with E-state index in [1.165, 1.54) is 10.4 Å². The van der Waals surface area contributed by atoms with Gasteiger partial charge in [0.25, 0.3) is 0 Å². The van der Waals surface area contributed by atoms with E-state index in [9.17, 15) is 9.59 Å². The first-order valence-electron chi connectivity index (χ1n) is 6.59. The average molecular weight is 281 g/mol.